The van der Waals surface area contributed by atoms with Crippen LogP contribution in [0.1, 0.15) is 42.1 Å². The number of carbonyl (C=O) groups excluding carboxylic acids is 3. The van der Waals surface area contributed by atoms with Crippen molar-refractivity contribution in [1.82, 2.24) is 10.3 Å². The summed E-state index contributed by atoms with van der Waals surface area (Å²) in [7, 11) is 0. The normalized spacial score (nSPS) is 13.5. The van der Waals surface area contributed by atoms with Crippen molar-refractivity contribution in [1.29, 1.82) is 0 Å². The monoisotopic (exact) mass is 454 g/mol. The number of amides is 3. The van der Waals surface area contributed by atoms with E-state index < -0.39 is 5.91 Å². The Kier molecular flexibility index (Phi) is 8.65. The number of hydrogen-bond acceptors (Lipinski definition) is 5. The minimum atomic E-state index is -0.444. The zero-order valence-corrected chi connectivity index (χ0v) is 18.5. The van der Waals surface area contributed by atoms with Crippen molar-refractivity contribution in [3.63, 3.8) is 0 Å². The molecule has 2 aromatic carbocycles. The van der Waals surface area contributed by atoms with Gasteiger partial charge in [0, 0.05) is 43.9 Å². The third-order valence-electron chi connectivity index (χ3n) is 4.95. The van der Waals surface area contributed by atoms with Crippen LogP contribution in [0.4, 0.5) is 10.1 Å². The zero-order chi connectivity index (χ0) is 23.6. The summed E-state index contributed by atoms with van der Waals surface area (Å²) < 4.78 is 18.4. The molecule has 0 radical (unpaired) electrons. The third kappa shape index (κ3) is 7.21. The van der Waals surface area contributed by atoms with E-state index in [0.29, 0.717) is 43.0 Å². The Hall–Kier alpha value is -3.59. The number of anilines is 1. The van der Waals surface area contributed by atoms with Crippen molar-refractivity contribution >= 4 is 29.1 Å². The first-order valence-corrected chi connectivity index (χ1v) is 10.9. The van der Waals surface area contributed by atoms with Crippen LogP contribution in [0.3, 0.4) is 0 Å². The maximum Gasteiger partial charge on any atom is 0.271 e. The predicted molar refractivity (Wildman–Crippen MR) is 122 cm³/mol. The van der Waals surface area contributed by atoms with Crippen LogP contribution in [0.15, 0.2) is 53.6 Å². The molecule has 0 bridgehead atoms. The SMILES string of the molecule is CCOCCCNC(=O)c1cccc(NC(=O)C2=NN(Cc3ccc(F)cc3)C(=O)CC2)c1. The van der Waals surface area contributed by atoms with Crippen molar-refractivity contribution in [3.05, 3.63) is 65.5 Å². The lowest BCUT2D eigenvalue weighted by atomic mass is 10.1. The largest absolute Gasteiger partial charge is 0.382 e. The highest BCUT2D eigenvalue weighted by atomic mass is 19.1. The van der Waals surface area contributed by atoms with E-state index in [1.54, 1.807) is 36.4 Å². The summed E-state index contributed by atoms with van der Waals surface area (Å²) in [6, 6.07) is 12.4. The highest BCUT2D eigenvalue weighted by molar-refractivity contribution is 6.43. The topological polar surface area (TPSA) is 100 Å². The van der Waals surface area contributed by atoms with Crippen LogP contribution in [0, 0.1) is 5.82 Å². The molecule has 3 amide bonds. The molecule has 0 aliphatic carbocycles. The molecule has 2 N–H and O–H groups in total. The standard InChI is InChI=1S/C24H27FN4O4/c1-2-33-14-4-13-26-23(31)18-5-3-6-20(15-18)27-24(32)21-11-12-22(30)29(28-21)16-17-7-9-19(25)10-8-17/h3,5-10,15H,2,4,11-14,16H2,1H3,(H,26,31)(H,27,32). The zero-order valence-electron chi connectivity index (χ0n) is 18.5. The molecular weight excluding hydrogens is 427 g/mol. The van der Waals surface area contributed by atoms with E-state index in [0.717, 1.165) is 0 Å². The lowest BCUT2D eigenvalue weighted by molar-refractivity contribution is -0.132. The van der Waals surface area contributed by atoms with Gasteiger partial charge < -0.3 is 15.4 Å². The molecule has 0 unspecified atom stereocenters. The Labute approximate surface area is 191 Å². The second-order valence-corrected chi connectivity index (χ2v) is 7.47. The van der Waals surface area contributed by atoms with Crippen LogP contribution in [0.25, 0.3) is 0 Å². The molecule has 8 nitrogen and oxygen atoms in total. The first-order chi connectivity index (χ1) is 16.0. The summed E-state index contributed by atoms with van der Waals surface area (Å²) in [5.74, 6) is -1.26. The van der Waals surface area contributed by atoms with Gasteiger partial charge in [-0.15, -0.1) is 0 Å². The molecule has 1 heterocycles. The van der Waals surface area contributed by atoms with Crippen molar-refractivity contribution in [2.24, 2.45) is 5.10 Å². The number of ether oxygens (including phenoxy) is 1. The minimum Gasteiger partial charge on any atom is -0.382 e. The first kappa shape index (κ1) is 24.1. The molecule has 0 aromatic heterocycles. The summed E-state index contributed by atoms with van der Waals surface area (Å²) >= 11 is 0. The van der Waals surface area contributed by atoms with Gasteiger partial charge in [0.25, 0.3) is 11.8 Å². The third-order valence-corrected chi connectivity index (χ3v) is 4.95. The number of halogens is 1. The van der Waals surface area contributed by atoms with E-state index in [2.05, 4.69) is 15.7 Å². The molecule has 0 saturated carbocycles. The first-order valence-electron chi connectivity index (χ1n) is 10.9. The quantitative estimate of drug-likeness (QED) is 0.539. The molecule has 1 aliphatic rings. The summed E-state index contributed by atoms with van der Waals surface area (Å²) in [6.07, 6.45) is 1.07. The van der Waals surface area contributed by atoms with E-state index in [1.807, 2.05) is 6.92 Å². The van der Waals surface area contributed by atoms with E-state index in [4.69, 9.17) is 4.74 Å². The Morgan fingerprint density at radius 1 is 1.12 bits per heavy atom. The van der Waals surface area contributed by atoms with Crippen LogP contribution in [0.5, 0.6) is 0 Å². The number of nitrogens with one attached hydrogen (secondary N) is 2. The summed E-state index contributed by atoms with van der Waals surface area (Å²) in [5, 5.41) is 11.0. The molecule has 9 heteroatoms. The molecule has 33 heavy (non-hydrogen) atoms. The lowest BCUT2D eigenvalue weighted by Crippen LogP contribution is -2.36. The average Bonchev–Trinajstić information content (AvgIpc) is 2.81. The van der Waals surface area contributed by atoms with E-state index in [9.17, 15) is 18.8 Å². The molecule has 2 aromatic rings. The summed E-state index contributed by atoms with van der Waals surface area (Å²) in [5.41, 5.74) is 1.78. The fraction of sp³-hybridized carbons (Fsp3) is 0.333. The van der Waals surface area contributed by atoms with Gasteiger partial charge in [0.1, 0.15) is 11.5 Å². The van der Waals surface area contributed by atoms with E-state index >= 15 is 0 Å². The van der Waals surface area contributed by atoms with Crippen molar-refractivity contribution in [2.75, 3.05) is 25.1 Å². The van der Waals surface area contributed by atoms with Gasteiger partial charge in [-0.3, -0.25) is 14.4 Å². The minimum absolute atomic E-state index is 0.148. The number of nitrogens with zero attached hydrogens (tertiary/aromatic N) is 2. The lowest BCUT2D eigenvalue weighted by Gasteiger charge is -2.23. The van der Waals surface area contributed by atoms with Crippen molar-refractivity contribution in [2.45, 2.75) is 32.7 Å². The van der Waals surface area contributed by atoms with Gasteiger partial charge in [-0.1, -0.05) is 18.2 Å². The molecule has 0 spiro atoms. The Balaban J connectivity index is 1.60. The second-order valence-electron chi connectivity index (χ2n) is 7.47. The van der Waals surface area contributed by atoms with Crippen molar-refractivity contribution in [3.8, 4) is 0 Å². The number of rotatable bonds is 10. The van der Waals surface area contributed by atoms with Crippen LogP contribution in [-0.2, 0) is 20.9 Å². The molecule has 0 fully saturated rings. The van der Waals surface area contributed by atoms with Gasteiger partial charge in [-0.25, -0.2) is 9.40 Å². The molecule has 0 atom stereocenters. The average molecular weight is 455 g/mol. The Bertz CT molecular complexity index is 1020. The van der Waals surface area contributed by atoms with E-state index in [-0.39, 0.29) is 42.7 Å². The predicted octanol–water partition coefficient (Wildman–Crippen LogP) is 3.10. The smallest absolute Gasteiger partial charge is 0.271 e. The molecule has 174 valence electrons. The fourth-order valence-corrected chi connectivity index (χ4v) is 3.22. The molecule has 3 rings (SSSR count). The van der Waals surface area contributed by atoms with E-state index in [1.165, 1.54) is 17.1 Å². The number of carbonyl (C=O) groups is 3. The Morgan fingerprint density at radius 2 is 1.91 bits per heavy atom. The molecule has 0 saturated heterocycles. The van der Waals surface area contributed by atoms with Crippen LogP contribution < -0.4 is 10.6 Å². The highest BCUT2D eigenvalue weighted by Crippen LogP contribution is 2.16. The maximum absolute atomic E-state index is 13.1. The van der Waals surface area contributed by atoms with Gasteiger partial charge in [0.2, 0.25) is 5.91 Å². The van der Waals surface area contributed by atoms with Gasteiger partial charge in [-0.05, 0) is 49.2 Å². The van der Waals surface area contributed by atoms with Crippen molar-refractivity contribution < 1.29 is 23.5 Å². The van der Waals surface area contributed by atoms with Gasteiger partial charge in [-0.2, -0.15) is 5.10 Å². The summed E-state index contributed by atoms with van der Waals surface area (Å²) in [4.78, 5) is 37.3. The second kappa shape index (κ2) is 11.9. The van der Waals surface area contributed by atoms with Gasteiger partial charge >= 0.3 is 0 Å². The Morgan fingerprint density at radius 3 is 2.67 bits per heavy atom. The van der Waals surface area contributed by atoms with Crippen LogP contribution >= 0.6 is 0 Å². The maximum atomic E-state index is 13.1. The number of hydrogen-bond donors (Lipinski definition) is 2. The molecular formula is C24H27FN4O4. The fourth-order valence-electron chi connectivity index (χ4n) is 3.22. The highest BCUT2D eigenvalue weighted by Gasteiger charge is 2.24. The number of hydrazone groups is 1. The van der Waals surface area contributed by atoms with Gasteiger partial charge in [0.15, 0.2) is 0 Å². The number of benzene rings is 2. The summed E-state index contributed by atoms with van der Waals surface area (Å²) in [6.45, 7) is 3.77. The van der Waals surface area contributed by atoms with Crippen LogP contribution in [0.2, 0.25) is 0 Å². The molecule has 1 aliphatic heterocycles. The van der Waals surface area contributed by atoms with Crippen LogP contribution in [-0.4, -0.2) is 48.2 Å². The van der Waals surface area contributed by atoms with Gasteiger partial charge in [0.05, 0.1) is 6.54 Å².